The number of aromatic amines is 1. The highest BCUT2D eigenvalue weighted by Crippen LogP contribution is 2.16. The first-order valence-corrected chi connectivity index (χ1v) is 8.56. The van der Waals surface area contributed by atoms with Crippen LogP contribution < -0.4 is 4.87 Å². The number of aromatic nitrogens is 1. The van der Waals surface area contributed by atoms with Crippen LogP contribution in [-0.4, -0.2) is 29.0 Å². The van der Waals surface area contributed by atoms with E-state index in [9.17, 15) is 9.59 Å². The maximum absolute atomic E-state index is 11.7. The molecule has 0 aliphatic heterocycles. The lowest BCUT2D eigenvalue weighted by atomic mass is 10.2. The van der Waals surface area contributed by atoms with E-state index in [0.717, 1.165) is 18.0 Å². The Bertz CT molecular complexity index is 679. The van der Waals surface area contributed by atoms with Crippen LogP contribution in [0.3, 0.4) is 0 Å². The third kappa shape index (κ3) is 5.33. The van der Waals surface area contributed by atoms with Gasteiger partial charge < -0.3 is 9.72 Å². The van der Waals surface area contributed by atoms with Crippen LogP contribution in [-0.2, 0) is 29.0 Å². The molecule has 5 nitrogen and oxygen atoms in total. The molecule has 0 unspecified atom stereocenters. The second-order valence-electron chi connectivity index (χ2n) is 5.19. The van der Waals surface area contributed by atoms with Crippen molar-refractivity contribution in [2.45, 2.75) is 33.4 Å². The number of rotatable bonds is 8. The summed E-state index contributed by atoms with van der Waals surface area (Å²) in [5.74, 6) is -0.311. The molecule has 2 rings (SSSR count). The van der Waals surface area contributed by atoms with Crippen LogP contribution >= 0.6 is 11.3 Å². The molecule has 0 aliphatic carbocycles. The lowest BCUT2D eigenvalue weighted by molar-refractivity contribution is -0.142. The largest absolute Gasteiger partial charge is 0.466 e. The second-order valence-corrected chi connectivity index (χ2v) is 6.25. The summed E-state index contributed by atoms with van der Waals surface area (Å²) < 4.78 is 4.97. The third-order valence-electron chi connectivity index (χ3n) is 3.50. The highest BCUT2D eigenvalue weighted by molar-refractivity contribution is 7.09. The first-order chi connectivity index (χ1) is 11.1. The van der Waals surface area contributed by atoms with Gasteiger partial charge in [-0.3, -0.25) is 14.5 Å². The van der Waals surface area contributed by atoms with Crippen molar-refractivity contribution in [2.24, 2.45) is 0 Å². The fourth-order valence-electron chi connectivity index (χ4n) is 2.34. The van der Waals surface area contributed by atoms with Crippen molar-refractivity contribution in [3.63, 3.8) is 0 Å². The Labute approximate surface area is 139 Å². The molecule has 0 aliphatic rings. The molecule has 0 fully saturated rings. The maximum atomic E-state index is 11.7. The molecule has 0 saturated heterocycles. The van der Waals surface area contributed by atoms with Crippen LogP contribution in [0.4, 0.5) is 0 Å². The molecule has 0 spiro atoms. The molecule has 0 radical (unpaired) electrons. The quantitative estimate of drug-likeness (QED) is 0.754. The minimum Gasteiger partial charge on any atom is -0.466 e. The van der Waals surface area contributed by atoms with E-state index in [1.165, 1.54) is 16.9 Å². The molecule has 0 atom stereocenters. The Morgan fingerprint density at radius 3 is 2.61 bits per heavy atom. The lowest BCUT2D eigenvalue weighted by Gasteiger charge is -2.20. The number of benzene rings is 1. The van der Waals surface area contributed by atoms with Crippen LogP contribution in [0.25, 0.3) is 0 Å². The molecule has 2 aromatic rings. The molecule has 1 aromatic carbocycles. The average Bonchev–Trinajstić information content (AvgIpc) is 2.87. The molecule has 1 aromatic heterocycles. The molecule has 0 bridgehead atoms. The van der Waals surface area contributed by atoms with E-state index in [0.29, 0.717) is 18.8 Å². The van der Waals surface area contributed by atoms with E-state index in [1.54, 1.807) is 6.92 Å². The standard InChI is InChI=1S/C17H22N2O3S/c1-3-19(11-13-8-6-5-7-9-13)12-15-14(18-17(21)23-15)10-16(20)22-4-2/h5-9H,3-4,10-12H2,1-2H3,(H,18,21). The number of hydrogen-bond acceptors (Lipinski definition) is 5. The maximum Gasteiger partial charge on any atom is 0.311 e. The molecule has 0 amide bonds. The number of nitrogens with one attached hydrogen (secondary N) is 1. The first kappa shape index (κ1) is 17.4. The Morgan fingerprint density at radius 1 is 1.22 bits per heavy atom. The van der Waals surface area contributed by atoms with Crippen molar-refractivity contribution >= 4 is 17.3 Å². The molecule has 6 heteroatoms. The summed E-state index contributed by atoms with van der Waals surface area (Å²) in [6.45, 7) is 6.51. The molecule has 124 valence electrons. The van der Waals surface area contributed by atoms with Crippen LogP contribution in [0.2, 0.25) is 0 Å². The van der Waals surface area contributed by atoms with Gasteiger partial charge in [0.05, 0.1) is 13.0 Å². The van der Waals surface area contributed by atoms with Gasteiger partial charge in [-0.1, -0.05) is 48.6 Å². The Hall–Kier alpha value is -1.92. The predicted octanol–water partition coefficient (Wildman–Crippen LogP) is 2.56. The van der Waals surface area contributed by atoms with Gasteiger partial charge in [0.15, 0.2) is 0 Å². The van der Waals surface area contributed by atoms with Gasteiger partial charge in [-0.25, -0.2) is 0 Å². The van der Waals surface area contributed by atoms with Crippen molar-refractivity contribution < 1.29 is 9.53 Å². The van der Waals surface area contributed by atoms with Crippen LogP contribution in [0.1, 0.15) is 30.0 Å². The Balaban J connectivity index is 2.08. The predicted molar refractivity (Wildman–Crippen MR) is 91.5 cm³/mol. The van der Waals surface area contributed by atoms with Gasteiger partial charge >= 0.3 is 10.8 Å². The summed E-state index contributed by atoms with van der Waals surface area (Å²) in [4.78, 5) is 29.1. The summed E-state index contributed by atoms with van der Waals surface area (Å²) >= 11 is 1.17. The summed E-state index contributed by atoms with van der Waals surface area (Å²) in [5.41, 5.74) is 1.90. The van der Waals surface area contributed by atoms with Crippen molar-refractivity contribution in [3.8, 4) is 0 Å². The van der Waals surface area contributed by atoms with Gasteiger partial charge in [-0.15, -0.1) is 0 Å². The summed E-state index contributed by atoms with van der Waals surface area (Å²) in [7, 11) is 0. The number of carbonyl (C=O) groups is 1. The number of thiazole rings is 1. The van der Waals surface area contributed by atoms with E-state index in [2.05, 4.69) is 28.9 Å². The van der Waals surface area contributed by atoms with E-state index >= 15 is 0 Å². The summed E-state index contributed by atoms with van der Waals surface area (Å²) in [6, 6.07) is 10.2. The third-order valence-corrected chi connectivity index (χ3v) is 4.40. The van der Waals surface area contributed by atoms with E-state index in [4.69, 9.17) is 4.74 Å². The summed E-state index contributed by atoms with van der Waals surface area (Å²) in [6.07, 6.45) is 0.116. The van der Waals surface area contributed by atoms with Gasteiger partial charge in [0, 0.05) is 23.7 Å². The highest BCUT2D eigenvalue weighted by Gasteiger charge is 2.15. The van der Waals surface area contributed by atoms with E-state index < -0.39 is 0 Å². The van der Waals surface area contributed by atoms with Crippen LogP contribution in [0.5, 0.6) is 0 Å². The van der Waals surface area contributed by atoms with E-state index in [1.807, 2.05) is 18.2 Å². The number of carbonyl (C=O) groups excluding carboxylic acids is 1. The minimum absolute atomic E-state index is 0.116. The van der Waals surface area contributed by atoms with Crippen molar-refractivity contribution in [2.75, 3.05) is 13.2 Å². The van der Waals surface area contributed by atoms with Crippen molar-refractivity contribution in [1.82, 2.24) is 9.88 Å². The monoisotopic (exact) mass is 334 g/mol. The Morgan fingerprint density at radius 2 is 1.96 bits per heavy atom. The van der Waals surface area contributed by atoms with Gasteiger partial charge in [0.1, 0.15) is 0 Å². The zero-order valence-corrected chi connectivity index (χ0v) is 14.3. The van der Waals surface area contributed by atoms with Gasteiger partial charge in [0.2, 0.25) is 0 Å². The first-order valence-electron chi connectivity index (χ1n) is 7.75. The zero-order valence-electron chi connectivity index (χ0n) is 13.5. The number of esters is 1. The molecule has 0 saturated carbocycles. The topological polar surface area (TPSA) is 62.4 Å². The van der Waals surface area contributed by atoms with Crippen LogP contribution in [0, 0.1) is 0 Å². The van der Waals surface area contributed by atoms with Crippen molar-refractivity contribution in [1.29, 1.82) is 0 Å². The number of ether oxygens (including phenoxy) is 1. The fraction of sp³-hybridized carbons (Fsp3) is 0.412. The smallest absolute Gasteiger partial charge is 0.311 e. The second kappa shape index (κ2) is 8.64. The van der Waals surface area contributed by atoms with Gasteiger partial charge in [-0.2, -0.15) is 0 Å². The van der Waals surface area contributed by atoms with Gasteiger partial charge in [0.25, 0.3) is 0 Å². The zero-order chi connectivity index (χ0) is 16.7. The van der Waals surface area contributed by atoms with Gasteiger partial charge in [-0.05, 0) is 19.0 Å². The lowest BCUT2D eigenvalue weighted by Crippen LogP contribution is -2.22. The molecule has 23 heavy (non-hydrogen) atoms. The highest BCUT2D eigenvalue weighted by atomic mass is 32.1. The molecular weight excluding hydrogens is 312 g/mol. The van der Waals surface area contributed by atoms with Crippen LogP contribution in [0.15, 0.2) is 35.1 Å². The molecule has 1 heterocycles. The Kier molecular flexibility index (Phi) is 6.55. The number of H-pyrrole nitrogens is 1. The molecular formula is C17H22N2O3S. The number of hydrogen-bond donors (Lipinski definition) is 1. The number of nitrogens with zero attached hydrogens (tertiary/aromatic N) is 1. The SMILES string of the molecule is CCOC(=O)Cc1[nH]c(=O)sc1CN(CC)Cc1ccccc1. The van der Waals surface area contributed by atoms with E-state index in [-0.39, 0.29) is 17.3 Å². The normalized spacial score (nSPS) is 10.9. The fourth-order valence-corrected chi connectivity index (χ4v) is 3.23. The molecule has 1 N–H and O–H groups in total. The summed E-state index contributed by atoms with van der Waals surface area (Å²) in [5, 5.41) is 0. The average molecular weight is 334 g/mol. The van der Waals surface area contributed by atoms with Crippen molar-refractivity contribution in [3.05, 3.63) is 56.1 Å². The minimum atomic E-state index is -0.311.